The fraction of sp³-hybridized carbons (Fsp3) is 0.136. The number of phenolic OH excluding ortho intramolecular Hbond substituents is 1. The van der Waals surface area contributed by atoms with Gasteiger partial charge in [0.2, 0.25) is 5.91 Å². The number of aryl methyl sites for hydroxylation is 2. The Morgan fingerprint density at radius 1 is 0.800 bits per heavy atom. The lowest BCUT2D eigenvalue weighted by atomic mass is 10.0. The molecule has 128 valence electrons. The maximum absolute atomic E-state index is 9.47. The van der Waals surface area contributed by atoms with Crippen molar-refractivity contribution in [1.82, 2.24) is 0 Å². The maximum Gasteiger partial charge on any atom is 0.214 e. The van der Waals surface area contributed by atoms with Crippen LogP contribution in [0.4, 0.5) is 0 Å². The third-order valence-electron chi connectivity index (χ3n) is 3.67. The van der Waals surface area contributed by atoms with Gasteiger partial charge in [-0.2, -0.15) is 0 Å². The molecule has 0 bridgehead atoms. The van der Waals surface area contributed by atoms with Crippen LogP contribution in [-0.4, -0.2) is 11.0 Å². The topological polar surface area (TPSA) is 63.3 Å². The van der Waals surface area contributed by atoms with Crippen molar-refractivity contribution >= 4 is 5.91 Å². The van der Waals surface area contributed by atoms with E-state index in [0.29, 0.717) is 5.75 Å². The van der Waals surface area contributed by atoms with Crippen molar-refractivity contribution in [2.75, 3.05) is 0 Å². The highest BCUT2D eigenvalue weighted by atomic mass is 16.3. The summed E-state index contributed by atoms with van der Waals surface area (Å²) in [5.41, 5.74) is 9.45. The van der Waals surface area contributed by atoms with Gasteiger partial charge in [0.05, 0.1) is 0 Å². The summed E-state index contributed by atoms with van der Waals surface area (Å²) in [4.78, 5) is 9.22. The van der Waals surface area contributed by atoms with E-state index in [1.165, 1.54) is 29.2 Å². The Balaban J connectivity index is 0.000000511. The normalized spacial score (nSPS) is 9.80. The van der Waals surface area contributed by atoms with E-state index in [1.54, 1.807) is 6.07 Å². The van der Waals surface area contributed by atoms with Crippen LogP contribution in [0.3, 0.4) is 0 Å². The molecule has 1 amide bonds. The molecule has 3 rings (SSSR count). The van der Waals surface area contributed by atoms with Gasteiger partial charge in [-0.15, -0.1) is 0 Å². The maximum atomic E-state index is 9.47. The number of rotatable bonds is 4. The van der Waals surface area contributed by atoms with Crippen molar-refractivity contribution in [3.8, 4) is 16.9 Å². The van der Waals surface area contributed by atoms with Gasteiger partial charge < -0.3 is 10.8 Å². The fourth-order valence-electron chi connectivity index (χ4n) is 2.50. The number of nitrogens with two attached hydrogens (primary N) is 1. The van der Waals surface area contributed by atoms with Gasteiger partial charge in [0.25, 0.3) is 0 Å². The molecule has 3 N–H and O–H groups in total. The van der Waals surface area contributed by atoms with E-state index in [4.69, 9.17) is 0 Å². The third kappa shape index (κ3) is 6.51. The molecule has 3 nitrogen and oxygen atoms in total. The molecule has 0 aliphatic heterocycles. The smallest absolute Gasteiger partial charge is 0.214 e. The van der Waals surface area contributed by atoms with E-state index >= 15 is 0 Å². The Bertz CT molecular complexity index is 792. The lowest BCUT2D eigenvalue weighted by Crippen LogP contribution is -2.01. The van der Waals surface area contributed by atoms with Crippen LogP contribution < -0.4 is 5.73 Å². The number of carbonyl (C=O) groups is 1. The molecule has 0 spiro atoms. The monoisotopic (exact) mass is 333 g/mol. The molecule has 0 saturated carbocycles. The van der Waals surface area contributed by atoms with Crippen molar-refractivity contribution in [3.05, 3.63) is 90.0 Å². The van der Waals surface area contributed by atoms with Crippen LogP contribution in [0.2, 0.25) is 0 Å². The standard InChI is InChI=1S/C20H18O.C2H5NO/c21-20-8-4-5-17(15-20)10-9-16-11-13-19(14-12-16)18-6-2-1-3-7-18;1-2(3)4/h1-8,11-15,21H,9-10H2;1H3,(H2,3,4). The fourth-order valence-corrected chi connectivity index (χ4v) is 2.50. The summed E-state index contributed by atoms with van der Waals surface area (Å²) < 4.78 is 0. The molecule has 0 radical (unpaired) electrons. The zero-order chi connectivity index (χ0) is 18.1. The first-order valence-electron chi connectivity index (χ1n) is 8.23. The molecule has 0 aromatic heterocycles. The summed E-state index contributed by atoms with van der Waals surface area (Å²) in [6.07, 6.45) is 1.93. The number of benzene rings is 3. The predicted octanol–water partition coefficient (Wildman–Crippen LogP) is 4.34. The van der Waals surface area contributed by atoms with Crippen molar-refractivity contribution in [1.29, 1.82) is 0 Å². The van der Waals surface area contributed by atoms with E-state index in [-0.39, 0.29) is 5.91 Å². The average molecular weight is 333 g/mol. The highest BCUT2D eigenvalue weighted by Gasteiger charge is 1.99. The Kier molecular flexibility index (Phi) is 6.78. The zero-order valence-electron chi connectivity index (χ0n) is 14.4. The largest absolute Gasteiger partial charge is 0.508 e. The lowest BCUT2D eigenvalue weighted by Gasteiger charge is -2.05. The van der Waals surface area contributed by atoms with E-state index in [2.05, 4.69) is 60.3 Å². The third-order valence-corrected chi connectivity index (χ3v) is 3.67. The van der Waals surface area contributed by atoms with Gasteiger partial charge in [-0.1, -0.05) is 66.7 Å². The van der Waals surface area contributed by atoms with Gasteiger partial charge in [0, 0.05) is 6.92 Å². The molecule has 25 heavy (non-hydrogen) atoms. The summed E-state index contributed by atoms with van der Waals surface area (Å²) >= 11 is 0. The molecule has 3 heteroatoms. The van der Waals surface area contributed by atoms with Crippen molar-refractivity contribution in [2.24, 2.45) is 5.73 Å². The highest BCUT2D eigenvalue weighted by molar-refractivity contribution is 5.70. The molecular formula is C22H23NO2. The number of primary amides is 1. The first-order chi connectivity index (χ1) is 12.0. The summed E-state index contributed by atoms with van der Waals surface area (Å²) in [6, 6.07) is 26.6. The minimum Gasteiger partial charge on any atom is -0.508 e. The minimum absolute atomic E-state index is 0.333. The lowest BCUT2D eigenvalue weighted by molar-refractivity contribution is -0.115. The molecule has 0 unspecified atom stereocenters. The van der Waals surface area contributed by atoms with Crippen LogP contribution in [0.1, 0.15) is 18.1 Å². The highest BCUT2D eigenvalue weighted by Crippen LogP contribution is 2.20. The second-order valence-electron chi connectivity index (χ2n) is 5.84. The summed E-state index contributed by atoms with van der Waals surface area (Å²) in [7, 11) is 0. The van der Waals surface area contributed by atoms with Gasteiger partial charge >= 0.3 is 0 Å². The molecule has 0 heterocycles. The van der Waals surface area contributed by atoms with Gasteiger partial charge in [-0.25, -0.2) is 0 Å². The summed E-state index contributed by atoms with van der Waals surface area (Å²) in [6.45, 7) is 1.31. The molecule has 0 fully saturated rings. The SMILES string of the molecule is CC(N)=O.Oc1cccc(CCc2ccc(-c3ccccc3)cc2)c1. The molecule has 3 aromatic carbocycles. The van der Waals surface area contributed by atoms with Crippen LogP contribution in [0.5, 0.6) is 5.75 Å². The van der Waals surface area contributed by atoms with Crippen LogP contribution in [0.15, 0.2) is 78.9 Å². The Morgan fingerprint density at radius 2 is 1.36 bits per heavy atom. The van der Waals surface area contributed by atoms with Gasteiger partial charge in [-0.05, 0) is 47.2 Å². The number of phenols is 1. The van der Waals surface area contributed by atoms with E-state index < -0.39 is 0 Å². The first-order valence-corrected chi connectivity index (χ1v) is 8.23. The number of carbonyl (C=O) groups excluding carboxylic acids is 1. The number of hydrogen-bond donors (Lipinski definition) is 2. The molecule has 0 saturated heterocycles. The minimum atomic E-state index is -0.333. The number of amides is 1. The summed E-state index contributed by atoms with van der Waals surface area (Å²) in [5.74, 6) is 0.00641. The van der Waals surface area contributed by atoms with Crippen LogP contribution >= 0.6 is 0 Å². The molecule has 0 aliphatic carbocycles. The Morgan fingerprint density at radius 3 is 1.96 bits per heavy atom. The van der Waals surface area contributed by atoms with Crippen molar-refractivity contribution in [3.63, 3.8) is 0 Å². The molecular weight excluding hydrogens is 310 g/mol. The van der Waals surface area contributed by atoms with Crippen molar-refractivity contribution in [2.45, 2.75) is 19.8 Å². The Hall–Kier alpha value is -3.07. The zero-order valence-corrected chi connectivity index (χ0v) is 14.4. The summed E-state index contributed by atoms with van der Waals surface area (Å²) in [5, 5.41) is 9.47. The van der Waals surface area contributed by atoms with E-state index in [9.17, 15) is 9.90 Å². The quantitative estimate of drug-likeness (QED) is 0.746. The van der Waals surface area contributed by atoms with Gasteiger partial charge in [0.1, 0.15) is 5.75 Å². The average Bonchev–Trinajstić information content (AvgIpc) is 2.61. The number of aromatic hydroxyl groups is 1. The predicted molar refractivity (Wildman–Crippen MR) is 102 cm³/mol. The Labute approximate surface area is 148 Å². The second-order valence-corrected chi connectivity index (χ2v) is 5.84. The van der Waals surface area contributed by atoms with Gasteiger partial charge in [0.15, 0.2) is 0 Å². The number of hydrogen-bond acceptors (Lipinski definition) is 2. The molecule has 3 aromatic rings. The first kappa shape index (κ1) is 18.3. The van der Waals surface area contributed by atoms with Crippen LogP contribution in [-0.2, 0) is 17.6 Å². The van der Waals surface area contributed by atoms with Gasteiger partial charge in [-0.3, -0.25) is 4.79 Å². The second kappa shape index (κ2) is 9.28. The molecule has 0 aliphatic rings. The molecule has 0 atom stereocenters. The van der Waals surface area contributed by atoms with Crippen LogP contribution in [0, 0.1) is 0 Å². The van der Waals surface area contributed by atoms with E-state index in [0.717, 1.165) is 12.8 Å². The van der Waals surface area contributed by atoms with E-state index in [1.807, 2.05) is 18.2 Å². The van der Waals surface area contributed by atoms with Crippen molar-refractivity contribution < 1.29 is 9.90 Å². The van der Waals surface area contributed by atoms with Crippen LogP contribution in [0.25, 0.3) is 11.1 Å².